The van der Waals surface area contributed by atoms with Crippen LogP contribution in [0.5, 0.6) is 5.88 Å². The van der Waals surface area contributed by atoms with Crippen LogP contribution in [0.2, 0.25) is 0 Å². The van der Waals surface area contributed by atoms with Crippen LogP contribution in [0.3, 0.4) is 0 Å². The number of amides is 1. The van der Waals surface area contributed by atoms with Crippen molar-refractivity contribution in [2.75, 3.05) is 6.61 Å². The Hall–Kier alpha value is -2.44. The van der Waals surface area contributed by atoms with Gasteiger partial charge in [0.2, 0.25) is 23.5 Å². The van der Waals surface area contributed by atoms with Crippen LogP contribution >= 0.6 is 0 Å². The van der Waals surface area contributed by atoms with Crippen molar-refractivity contribution in [3.05, 3.63) is 24.2 Å². The Morgan fingerprint density at radius 3 is 3.00 bits per heavy atom. The summed E-state index contributed by atoms with van der Waals surface area (Å²) in [5.74, 6) is 1.61. The smallest absolute Gasteiger partial charge is 0.246 e. The maximum absolute atomic E-state index is 11.5. The van der Waals surface area contributed by atoms with Gasteiger partial charge in [-0.2, -0.15) is 4.98 Å². The highest BCUT2D eigenvalue weighted by molar-refractivity contribution is 5.80. The Kier molecular flexibility index (Phi) is 3.81. The van der Waals surface area contributed by atoms with Gasteiger partial charge >= 0.3 is 0 Å². The molecule has 0 atom stereocenters. The quantitative estimate of drug-likeness (QED) is 0.867. The number of nitrogens with one attached hydrogen (secondary N) is 1. The van der Waals surface area contributed by atoms with Crippen molar-refractivity contribution in [1.29, 1.82) is 0 Å². The molecule has 1 aliphatic carbocycles. The number of carbonyl (C=O) groups excluding carboxylic acids is 1. The summed E-state index contributed by atoms with van der Waals surface area (Å²) in [4.78, 5) is 19.9. The fraction of sp³-hybridized carbons (Fsp3) is 0.429. The first-order valence-electron chi connectivity index (χ1n) is 6.95. The molecule has 110 valence electrons. The van der Waals surface area contributed by atoms with Gasteiger partial charge in [-0.3, -0.25) is 4.79 Å². The fourth-order valence-electron chi connectivity index (χ4n) is 1.84. The number of hydrogen-bond donors (Lipinski definition) is 1. The lowest BCUT2D eigenvalue weighted by molar-refractivity contribution is -0.122. The Morgan fingerprint density at radius 1 is 1.48 bits per heavy atom. The van der Waals surface area contributed by atoms with Gasteiger partial charge in [-0.15, -0.1) is 0 Å². The van der Waals surface area contributed by atoms with Crippen LogP contribution in [-0.2, 0) is 11.3 Å². The highest BCUT2D eigenvalue weighted by atomic mass is 16.5. The van der Waals surface area contributed by atoms with Gasteiger partial charge in [0.05, 0.1) is 13.2 Å². The maximum atomic E-state index is 11.5. The highest BCUT2D eigenvalue weighted by Crippen LogP contribution is 2.28. The molecular formula is C14H16N4O3. The Labute approximate surface area is 121 Å². The molecule has 1 N–H and O–H groups in total. The predicted molar refractivity (Wildman–Crippen MR) is 73.3 cm³/mol. The zero-order valence-corrected chi connectivity index (χ0v) is 11.7. The molecule has 1 fully saturated rings. The number of nitrogens with zero attached hydrogens (tertiary/aromatic N) is 3. The third kappa shape index (κ3) is 3.36. The van der Waals surface area contributed by atoms with Crippen LogP contribution in [-0.4, -0.2) is 27.6 Å². The van der Waals surface area contributed by atoms with Crippen LogP contribution in [0.1, 0.15) is 25.7 Å². The Balaban J connectivity index is 1.62. The lowest BCUT2D eigenvalue weighted by Crippen LogP contribution is -2.24. The van der Waals surface area contributed by atoms with Crippen LogP contribution < -0.4 is 10.1 Å². The fourth-order valence-corrected chi connectivity index (χ4v) is 1.84. The van der Waals surface area contributed by atoms with E-state index in [0.29, 0.717) is 24.2 Å². The van der Waals surface area contributed by atoms with Gasteiger partial charge in [-0.25, -0.2) is 4.98 Å². The summed E-state index contributed by atoms with van der Waals surface area (Å²) in [5.41, 5.74) is 0.738. The lowest BCUT2D eigenvalue weighted by Gasteiger charge is -2.01. The van der Waals surface area contributed by atoms with E-state index < -0.39 is 0 Å². The lowest BCUT2D eigenvalue weighted by atomic mass is 10.3. The van der Waals surface area contributed by atoms with E-state index in [2.05, 4.69) is 20.4 Å². The van der Waals surface area contributed by atoms with Gasteiger partial charge < -0.3 is 14.6 Å². The molecule has 1 aliphatic rings. The third-order valence-corrected chi connectivity index (χ3v) is 3.12. The van der Waals surface area contributed by atoms with Crippen molar-refractivity contribution >= 4 is 5.91 Å². The number of rotatable bonds is 6. The van der Waals surface area contributed by atoms with E-state index in [9.17, 15) is 4.79 Å². The van der Waals surface area contributed by atoms with E-state index in [0.717, 1.165) is 18.4 Å². The number of hydrogen-bond acceptors (Lipinski definition) is 6. The maximum Gasteiger partial charge on any atom is 0.246 e. The van der Waals surface area contributed by atoms with E-state index >= 15 is 0 Å². The zero-order valence-electron chi connectivity index (χ0n) is 11.7. The molecule has 0 radical (unpaired) electrons. The van der Waals surface area contributed by atoms with Gasteiger partial charge in [-0.05, 0) is 25.8 Å². The number of pyridine rings is 1. The normalized spacial score (nSPS) is 14.0. The zero-order chi connectivity index (χ0) is 14.7. The van der Waals surface area contributed by atoms with Crippen molar-refractivity contribution in [3.8, 4) is 17.3 Å². The van der Waals surface area contributed by atoms with Crippen LogP contribution in [0, 0.1) is 5.92 Å². The molecular weight excluding hydrogens is 272 g/mol. The number of ether oxygens (including phenoxy) is 1. The first-order chi connectivity index (χ1) is 10.3. The molecule has 2 aromatic heterocycles. The van der Waals surface area contributed by atoms with Gasteiger partial charge in [0.1, 0.15) is 0 Å². The van der Waals surface area contributed by atoms with Gasteiger partial charge in [0.15, 0.2) is 0 Å². The molecule has 21 heavy (non-hydrogen) atoms. The summed E-state index contributed by atoms with van der Waals surface area (Å²) in [5, 5.41) is 6.66. The summed E-state index contributed by atoms with van der Waals surface area (Å²) in [6.45, 7) is 2.73. The molecule has 1 saturated carbocycles. The second-order valence-corrected chi connectivity index (χ2v) is 4.82. The van der Waals surface area contributed by atoms with E-state index in [4.69, 9.17) is 9.26 Å². The number of carbonyl (C=O) groups is 1. The van der Waals surface area contributed by atoms with Crippen molar-refractivity contribution < 1.29 is 14.1 Å². The minimum Gasteiger partial charge on any atom is -0.478 e. The SMILES string of the molecule is CCOc1ccc(-c2noc(CNC(=O)C3CC3)n2)cn1. The number of aromatic nitrogens is 3. The van der Waals surface area contributed by atoms with Crippen molar-refractivity contribution in [2.45, 2.75) is 26.3 Å². The summed E-state index contributed by atoms with van der Waals surface area (Å²) >= 11 is 0. The second-order valence-electron chi connectivity index (χ2n) is 4.82. The topological polar surface area (TPSA) is 90.1 Å². The van der Waals surface area contributed by atoms with Crippen molar-refractivity contribution in [3.63, 3.8) is 0 Å². The largest absolute Gasteiger partial charge is 0.478 e. The first-order valence-corrected chi connectivity index (χ1v) is 6.95. The molecule has 2 heterocycles. The summed E-state index contributed by atoms with van der Waals surface area (Å²) in [7, 11) is 0. The average Bonchev–Trinajstić information content (AvgIpc) is 3.25. The molecule has 0 aliphatic heterocycles. The van der Waals surface area contributed by atoms with E-state index in [-0.39, 0.29) is 18.4 Å². The van der Waals surface area contributed by atoms with Crippen LogP contribution in [0.25, 0.3) is 11.4 Å². The summed E-state index contributed by atoms with van der Waals surface area (Å²) < 4.78 is 10.4. The second kappa shape index (κ2) is 5.90. The monoisotopic (exact) mass is 288 g/mol. The van der Waals surface area contributed by atoms with Crippen LogP contribution in [0.4, 0.5) is 0 Å². The predicted octanol–water partition coefficient (Wildman–Crippen LogP) is 1.56. The molecule has 3 rings (SSSR count). The van der Waals surface area contributed by atoms with E-state index in [1.807, 2.05) is 13.0 Å². The standard InChI is InChI=1S/C14H16N4O3/c1-2-20-11-6-5-10(7-15-11)13-17-12(21-18-13)8-16-14(19)9-3-4-9/h5-7,9H,2-4,8H2,1H3,(H,16,19). The molecule has 0 aromatic carbocycles. The molecule has 7 heteroatoms. The molecule has 0 bridgehead atoms. The van der Waals surface area contributed by atoms with Crippen molar-refractivity contribution in [2.24, 2.45) is 5.92 Å². The Morgan fingerprint density at radius 2 is 2.33 bits per heavy atom. The highest BCUT2D eigenvalue weighted by Gasteiger charge is 2.29. The minimum atomic E-state index is 0.0532. The van der Waals surface area contributed by atoms with E-state index in [1.165, 1.54) is 0 Å². The molecule has 1 amide bonds. The Bertz CT molecular complexity index is 619. The average molecular weight is 288 g/mol. The molecule has 0 unspecified atom stereocenters. The molecule has 2 aromatic rings. The minimum absolute atomic E-state index is 0.0532. The third-order valence-electron chi connectivity index (χ3n) is 3.12. The van der Waals surface area contributed by atoms with Gasteiger partial charge in [-0.1, -0.05) is 5.16 Å². The summed E-state index contributed by atoms with van der Waals surface area (Å²) in [6.07, 6.45) is 3.57. The molecule has 0 spiro atoms. The summed E-state index contributed by atoms with van der Waals surface area (Å²) in [6, 6.07) is 3.57. The van der Waals surface area contributed by atoms with Gasteiger partial charge in [0, 0.05) is 23.7 Å². The first kappa shape index (κ1) is 13.5. The molecule has 7 nitrogen and oxygen atoms in total. The van der Waals surface area contributed by atoms with Crippen LogP contribution in [0.15, 0.2) is 22.9 Å². The van der Waals surface area contributed by atoms with Crippen molar-refractivity contribution in [1.82, 2.24) is 20.4 Å². The van der Waals surface area contributed by atoms with E-state index in [1.54, 1.807) is 12.3 Å². The van der Waals surface area contributed by atoms with Gasteiger partial charge in [0.25, 0.3) is 0 Å². The molecule has 0 saturated heterocycles.